The van der Waals surface area contributed by atoms with Gasteiger partial charge in [-0.3, -0.25) is 0 Å². The van der Waals surface area contributed by atoms with Crippen molar-refractivity contribution >= 4 is 29.8 Å². The van der Waals surface area contributed by atoms with Crippen molar-refractivity contribution in [2.75, 3.05) is 6.54 Å². The fraction of sp³-hybridized carbons (Fsp3) is 0.538. The number of nitrogens with one attached hydrogen (secondary N) is 1. The van der Waals surface area contributed by atoms with Crippen LogP contribution in [0.25, 0.3) is 0 Å². The molecule has 1 aromatic rings. The molecule has 1 saturated carbocycles. The van der Waals surface area contributed by atoms with Gasteiger partial charge in [0.05, 0.1) is 9.79 Å². The molecule has 0 aliphatic heterocycles. The summed E-state index contributed by atoms with van der Waals surface area (Å²) in [7, 11) is -2.27. The summed E-state index contributed by atoms with van der Waals surface area (Å²) in [6, 6.07) is 4.87. The zero-order valence-corrected chi connectivity index (χ0v) is 14.1. The Morgan fingerprint density at radius 1 is 1.10 bits per heavy atom. The Labute approximate surface area is 130 Å². The molecule has 1 aromatic carbocycles. The Kier molecular flexibility index (Phi) is 4.68. The van der Waals surface area contributed by atoms with E-state index in [1.54, 1.807) is 0 Å². The molecular weight excluding hydrogens is 334 g/mol. The molecule has 1 N–H and O–H groups in total. The van der Waals surface area contributed by atoms with Crippen molar-refractivity contribution < 1.29 is 16.8 Å². The molecule has 1 aliphatic carbocycles. The Hall–Kier alpha value is -0.630. The predicted octanol–water partition coefficient (Wildman–Crippen LogP) is 2.47. The van der Waals surface area contributed by atoms with Gasteiger partial charge in [-0.1, -0.05) is 13.3 Å². The van der Waals surface area contributed by atoms with Crippen LogP contribution in [0.15, 0.2) is 34.1 Å². The topological polar surface area (TPSA) is 80.3 Å². The van der Waals surface area contributed by atoms with Crippen LogP contribution in [0.1, 0.15) is 32.6 Å². The first kappa shape index (κ1) is 16.7. The summed E-state index contributed by atoms with van der Waals surface area (Å²) in [6.45, 7) is 2.51. The first-order chi connectivity index (χ1) is 9.69. The van der Waals surface area contributed by atoms with E-state index in [4.69, 9.17) is 10.7 Å². The lowest BCUT2D eigenvalue weighted by Crippen LogP contribution is -2.30. The number of hydrogen-bond donors (Lipinski definition) is 1. The smallest absolute Gasteiger partial charge is 0.211 e. The minimum atomic E-state index is -3.84. The summed E-state index contributed by atoms with van der Waals surface area (Å²) >= 11 is 0. The highest BCUT2D eigenvalue weighted by atomic mass is 35.7. The van der Waals surface area contributed by atoms with Gasteiger partial charge >= 0.3 is 0 Å². The lowest BCUT2D eigenvalue weighted by atomic mass is 10.0. The van der Waals surface area contributed by atoms with Gasteiger partial charge in [-0.15, -0.1) is 0 Å². The number of benzene rings is 1. The minimum absolute atomic E-state index is 0.0406. The minimum Gasteiger partial charge on any atom is -0.211 e. The first-order valence-electron chi connectivity index (χ1n) is 6.73. The van der Waals surface area contributed by atoms with Crippen LogP contribution in [0.4, 0.5) is 0 Å². The number of sulfonamides is 1. The van der Waals surface area contributed by atoms with Gasteiger partial charge in [0.15, 0.2) is 0 Å². The van der Waals surface area contributed by atoms with Crippen molar-refractivity contribution in [1.29, 1.82) is 0 Å². The third-order valence-corrected chi connectivity index (χ3v) is 6.58. The fourth-order valence-corrected chi connectivity index (χ4v) is 4.26. The maximum atomic E-state index is 12.2. The van der Waals surface area contributed by atoms with Crippen LogP contribution in [0.3, 0.4) is 0 Å². The molecule has 0 heterocycles. The lowest BCUT2D eigenvalue weighted by Gasteiger charge is -2.15. The Balaban J connectivity index is 2.09. The maximum absolute atomic E-state index is 12.2. The standard InChI is InChI=1S/C13H18ClNO4S2/c1-2-7-13(8-9-13)10-15-21(18,19)12-5-3-11(4-6-12)20(14,16)17/h3-6,15H,2,7-10H2,1H3. The average molecular weight is 352 g/mol. The quantitative estimate of drug-likeness (QED) is 0.765. The molecular formula is C13H18ClNO4S2. The van der Waals surface area contributed by atoms with Gasteiger partial charge in [0.2, 0.25) is 10.0 Å². The molecule has 21 heavy (non-hydrogen) atoms. The molecule has 8 heteroatoms. The van der Waals surface area contributed by atoms with E-state index in [0.717, 1.165) is 25.7 Å². The molecule has 0 radical (unpaired) electrons. The zero-order valence-electron chi connectivity index (χ0n) is 11.7. The third kappa shape index (κ3) is 4.18. The highest BCUT2D eigenvalue weighted by molar-refractivity contribution is 8.13. The van der Waals surface area contributed by atoms with E-state index in [1.165, 1.54) is 24.3 Å². The van der Waals surface area contributed by atoms with E-state index < -0.39 is 19.1 Å². The first-order valence-corrected chi connectivity index (χ1v) is 10.5. The molecule has 1 aliphatic rings. The molecule has 2 rings (SSSR count). The summed E-state index contributed by atoms with van der Waals surface area (Å²) in [6.07, 6.45) is 4.14. The second-order valence-corrected chi connectivity index (χ2v) is 9.82. The van der Waals surface area contributed by atoms with Crippen molar-refractivity contribution in [2.24, 2.45) is 5.41 Å². The number of rotatable bonds is 7. The fourth-order valence-electron chi connectivity index (χ4n) is 2.34. The Morgan fingerprint density at radius 2 is 1.62 bits per heavy atom. The Bertz CT molecular complexity index is 707. The maximum Gasteiger partial charge on any atom is 0.261 e. The van der Waals surface area contributed by atoms with Crippen LogP contribution in [0.5, 0.6) is 0 Å². The van der Waals surface area contributed by atoms with Crippen LogP contribution in [0.2, 0.25) is 0 Å². The van der Waals surface area contributed by atoms with Crippen molar-refractivity contribution in [3.63, 3.8) is 0 Å². The monoisotopic (exact) mass is 351 g/mol. The second-order valence-electron chi connectivity index (χ2n) is 5.48. The van der Waals surface area contributed by atoms with Crippen LogP contribution in [0, 0.1) is 5.41 Å². The zero-order chi connectivity index (χ0) is 15.7. The van der Waals surface area contributed by atoms with Gasteiger partial charge in [-0.2, -0.15) is 0 Å². The van der Waals surface area contributed by atoms with E-state index in [1.807, 2.05) is 0 Å². The molecule has 1 fully saturated rings. The lowest BCUT2D eigenvalue weighted by molar-refractivity contribution is 0.449. The number of halogens is 1. The van der Waals surface area contributed by atoms with E-state index in [2.05, 4.69) is 11.6 Å². The molecule has 0 aromatic heterocycles. The number of hydrogen-bond acceptors (Lipinski definition) is 4. The van der Waals surface area contributed by atoms with Gasteiger partial charge in [0.1, 0.15) is 0 Å². The summed E-state index contributed by atoms with van der Waals surface area (Å²) in [4.78, 5) is -0.0772. The molecule has 0 unspecified atom stereocenters. The van der Waals surface area contributed by atoms with Crippen LogP contribution in [-0.2, 0) is 19.1 Å². The second kappa shape index (κ2) is 5.87. The van der Waals surface area contributed by atoms with E-state index in [-0.39, 0.29) is 15.2 Å². The van der Waals surface area contributed by atoms with Crippen LogP contribution >= 0.6 is 10.7 Å². The summed E-state index contributed by atoms with van der Waals surface area (Å²) < 4.78 is 49.2. The summed E-state index contributed by atoms with van der Waals surface area (Å²) in [5.74, 6) is 0. The largest absolute Gasteiger partial charge is 0.261 e. The average Bonchev–Trinajstić information content (AvgIpc) is 3.17. The molecule has 0 amide bonds. The van der Waals surface area contributed by atoms with Gasteiger partial charge in [0, 0.05) is 17.2 Å². The molecule has 0 atom stereocenters. The highest BCUT2D eigenvalue weighted by Crippen LogP contribution is 2.49. The van der Waals surface area contributed by atoms with E-state index in [0.29, 0.717) is 6.54 Å². The molecule has 0 spiro atoms. The van der Waals surface area contributed by atoms with Gasteiger partial charge < -0.3 is 0 Å². The van der Waals surface area contributed by atoms with Gasteiger partial charge in [-0.05, 0) is 48.9 Å². The molecule has 0 saturated heterocycles. The van der Waals surface area contributed by atoms with Gasteiger partial charge in [-0.25, -0.2) is 21.6 Å². The molecule has 118 valence electrons. The van der Waals surface area contributed by atoms with E-state index >= 15 is 0 Å². The van der Waals surface area contributed by atoms with Gasteiger partial charge in [0.25, 0.3) is 9.05 Å². The predicted molar refractivity (Wildman–Crippen MR) is 81.2 cm³/mol. The highest BCUT2D eigenvalue weighted by Gasteiger charge is 2.42. The van der Waals surface area contributed by atoms with Crippen molar-refractivity contribution in [1.82, 2.24) is 4.72 Å². The molecule has 5 nitrogen and oxygen atoms in total. The normalized spacial score (nSPS) is 17.6. The van der Waals surface area contributed by atoms with Crippen molar-refractivity contribution in [3.05, 3.63) is 24.3 Å². The van der Waals surface area contributed by atoms with Crippen molar-refractivity contribution in [2.45, 2.75) is 42.4 Å². The van der Waals surface area contributed by atoms with Crippen LogP contribution < -0.4 is 4.72 Å². The summed E-state index contributed by atoms with van der Waals surface area (Å²) in [5, 5.41) is 0. The van der Waals surface area contributed by atoms with Crippen LogP contribution in [-0.4, -0.2) is 23.4 Å². The molecule has 0 bridgehead atoms. The SMILES string of the molecule is CCCC1(CNS(=O)(=O)c2ccc(S(=O)(=O)Cl)cc2)CC1. The Morgan fingerprint density at radius 3 is 2.05 bits per heavy atom. The van der Waals surface area contributed by atoms with E-state index in [9.17, 15) is 16.8 Å². The summed E-state index contributed by atoms with van der Waals surface area (Å²) in [5.41, 5.74) is 0.112. The third-order valence-electron chi connectivity index (χ3n) is 3.79. The van der Waals surface area contributed by atoms with Crippen molar-refractivity contribution in [3.8, 4) is 0 Å².